The lowest BCUT2D eigenvalue weighted by atomic mass is 9.83. The van der Waals surface area contributed by atoms with Crippen molar-refractivity contribution in [3.63, 3.8) is 0 Å². The van der Waals surface area contributed by atoms with Crippen LogP contribution in [0.15, 0.2) is 66.6 Å². The lowest BCUT2D eigenvalue weighted by molar-refractivity contribution is 0.363. The number of nitrogens with two attached hydrogens (primary N) is 1. The molecule has 0 spiro atoms. The van der Waals surface area contributed by atoms with Gasteiger partial charge in [0.05, 0.1) is 5.92 Å². The summed E-state index contributed by atoms with van der Waals surface area (Å²) in [6.07, 6.45) is 1.67. The first-order chi connectivity index (χ1) is 11.6. The molecule has 5 nitrogen and oxygen atoms in total. The van der Waals surface area contributed by atoms with Gasteiger partial charge in [-0.05, 0) is 23.8 Å². The zero-order chi connectivity index (χ0) is 17.1. The van der Waals surface area contributed by atoms with Crippen molar-refractivity contribution in [2.45, 2.75) is 5.92 Å². The van der Waals surface area contributed by atoms with Gasteiger partial charge in [-0.3, -0.25) is 0 Å². The molecular weight excluding hydrogens is 304 g/mol. The first kappa shape index (κ1) is 15.5. The van der Waals surface area contributed by atoms with Crippen molar-refractivity contribution in [3.05, 3.63) is 77.7 Å². The van der Waals surface area contributed by atoms with Crippen molar-refractivity contribution in [2.75, 3.05) is 6.61 Å². The van der Waals surface area contributed by atoms with Crippen LogP contribution >= 0.6 is 0 Å². The Balaban J connectivity index is 2.04. The number of fused-ring (bicyclic) bond motifs is 1. The first-order valence-electron chi connectivity index (χ1n) is 7.38. The smallest absolute Gasteiger partial charge is 0.205 e. The Bertz CT molecular complexity index is 848. The summed E-state index contributed by atoms with van der Waals surface area (Å²) in [7, 11) is 0. The van der Waals surface area contributed by atoms with Crippen LogP contribution in [0, 0.1) is 11.3 Å². The summed E-state index contributed by atoms with van der Waals surface area (Å²) in [5, 5.41) is 19.1. The van der Waals surface area contributed by atoms with Gasteiger partial charge in [-0.2, -0.15) is 5.26 Å². The van der Waals surface area contributed by atoms with E-state index in [4.69, 9.17) is 15.2 Å². The Morgan fingerprint density at radius 3 is 2.71 bits per heavy atom. The molecule has 0 aromatic heterocycles. The van der Waals surface area contributed by atoms with Crippen molar-refractivity contribution in [2.24, 2.45) is 5.73 Å². The predicted octanol–water partition coefficient (Wildman–Crippen LogP) is 3.18. The quantitative estimate of drug-likeness (QED) is 0.845. The molecule has 0 saturated carbocycles. The highest BCUT2D eigenvalue weighted by atomic mass is 16.5. The Labute approximate surface area is 139 Å². The van der Waals surface area contributed by atoms with E-state index < -0.39 is 0 Å². The molecule has 0 amide bonds. The number of hydrogen-bond acceptors (Lipinski definition) is 5. The summed E-state index contributed by atoms with van der Waals surface area (Å²) in [5.41, 5.74) is 7.90. The van der Waals surface area contributed by atoms with E-state index in [1.807, 2.05) is 24.3 Å². The summed E-state index contributed by atoms with van der Waals surface area (Å²) in [6.45, 7) is 4.04. The lowest BCUT2D eigenvalue weighted by Crippen LogP contribution is -2.20. The van der Waals surface area contributed by atoms with Gasteiger partial charge in [0, 0.05) is 11.6 Å². The highest BCUT2D eigenvalue weighted by molar-refractivity contribution is 5.57. The maximum absolute atomic E-state index is 9.65. The molecule has 1 heterocycles. The van der Waals surface area contributed by atoms with Crippen LogP contribution in [0.2, 0.25) is 0 Å². The Hall–Kier alpha value is -3.39. The molecule has 120 valence electrons. The van der Waals surface area contributed by atoms with E-state index in [0.29, 0.717) is 23.7 Å². The zero-order valence-electron chi connectivity index (χ0n) is 12.9. The molecular formula is C19H16N2O3. The van der Waals surface area contributed by atoms with Crippen molar-refractivity contribution in [3.8, 4) is 23.3 Å². The number of phenolic OH excluding ortho intramolecular Hbond substituents is 1. The third-order valence-corrected chi connectivity index (χ3v) is 3.78. The standard InChI is InChI=1S/C19H16N2O3/c1-2-9-23-14-6-3-12(4-7-14)18-15-8-5-13(22)10-17(15)24-19(21)16(18)11-20/h2-8,10,18,22H,1,9,21H2. The topological polar surface area (TPSA) is 88.5 Å². The fourth-order valence-corrected chi connectivity index (χ4v) is 2.70. The summed E-state index contributed by atoms with van der Waals surface area (Å²) in [5.74, 6) is 0.935. The van der Waals surface area contributed by atoms with E-state index in [-0.39, 0.29) is 17.6 Å². The largest absolute Gasteiger partial charge is 0.508 e. The summed E-state index contributed by atoms with van der Waals surface area (Å²) >= 11 is 0. The van der Waals surface area contributed by atoms with Crippen molar-refractivity contribution in [1.29, 1.82) is 5.26 Å². The van der Waals surface area contributed by atoms with E-state index >= 15 is 0 Å². The van der Waals surface area contributed by atoms with Gasteiger partial charge in [-0.15, -0.1) is 0 Å². The summed E-state index contributed by atoms with van der Waals surface area (Å²) in [6, 6.07) is 14.4. The van der Waals surface area contributed by atoms with Crippen LogP contribution in [0.25, 0.3) is 0 Å². The van der Waals surface area contributed by atoms with Crippen LogP contribution in [0.5, 0.6) is 17.2 Å². The van der Waals surface area contributed by atoms with Crippen LogP contribution < -0.4 is 15.2 Å². The molecule has 0 fully saturated rings. The fourth-order valence-electron chi connectivity index (χ4n) is 2.70. The number of ether oxygens (including phenoxy) is 2. The Morgan fingerprint density at radius 1 is 1.29 bits per heavy atom. The van der Waals surface area contributed by atoms with Crippen molar-refractivity contribution in [1.82, 2.24) is 0 Å². The van der Waals surface area contributed by atoms with Crippen LogP contribution in [-0.2, 0) is 0 Å². The van der Waals surface area contributed by atoms with Crippen LogP contribution in [-0.4, -0.2) is 11.7 Å². The molecule has 0 saturated heterocycles. The Kier molecular flexibility index (Phi) is 4.13. The minimum Gasteiger partial charge on any atom is -0.508 e. The SMILES string of the molecule is C=CCOc1ccc(C2C(C#N)=C(N)Oc3cc(O)ccc32)cc1. The molecule has 24 heavy (non-hydrogen) atoms. The predicted molar refractivity (Wildman–Crippen MR) is 89.5 cm³/mol. The van der Waals surface area contributed by atoms with Gasteiger partial charge in [-0.1, -0.05) is 30.9 Å². The second kappa shape index (κ2) is 6.39. The van der Waals surface area contributed by atoms with E-state index in [0.717, 1.165) is 11.1 Å². The average Bonchev–Trinajstić information content (AvgIpc) is 2.59. The monoisotopic (exact) mass is 320 g/mol. The minimum absolute atomic E-state index is 0.0487. The zero-order valence-corrected chi connectivity index (χ0v) is 12.9. The number of nitriles is 1. The molecule has 1 atom stereocenters. The number of hydrogen-bond donors (Lipinski definition) is 2. The Morgan fingerprint density at radius 2 is 2.04 bits per heavy atom. The third kappa shape index (κ3) is 2.77. The average molecular weight is 320 g/mol. The molecule has 0 radical (unpaired) electrons. The second-order valence-electron chi connectivity index (χ2n) is 5.32. The minimum atomic E-state index is -0.354. The third-order valence-electron chi connectivity index (χ3n) is 3.78. The van der Waals surface area contributed by atoms with Gasteiger partial charge in [0.15, 0.2) is 0 Å². The number of allylic oxidation sites excluding steroid dienone is 1. The van der Waals surface area contributed by atoms with Crippen molar-refractivity contribution >= 4 is 0 Å². The molecule has 0 aliphatic carbocycles. The van der Waals surface area contributed by atoms with Crippen LogP contribution in [0.4, 0.5) is 0 Å². The molecule has 1 aliphatic heterocycles. The van der Waals surface area contributed by atoms with Gasteiger partial charge in [0.2, 0.25) is 5.88 Å². The number of nitrogens with zero attached hydrogens (tertiary/aromatic N) is 1. The maximum atomic E-state index is 9.65. The van der Waals surface area contributed by atoms with Gasteiger partial charge >= 0.3 is 0 Å². The van der Waals surface area contributed by atoms with Gasteiger partial charge in [0.1, 0.15) is 35.5 Å². The molecule has 3 rings (SSSR count). The molecule has 5 heteroatoms. The number of rotatable bonds is 4. The lowest BCUT2D eigenvalue weighted by Gasteiger charge is -2.26. The number of phenols is 1. The van der Waals surface area contributed by atoms with Crippen LogP contribution in [0.1, 0.15) is 17.0 Å². The first-order valence-corrected chi connectivity index (χ1v) is 7.38. The van der Waals surface area contributed by atoms with Gasteiger partial charge in [-0.25, -0.2) is 0 Å². The second-order valence-corrected chi connectivity index (χ2v) is 5.32. The van der Waals surface area contributed by atoms with Gasteiger partial charge < -0.3 is 20.3 Å². The number of aromatic hydroxyl groups is 1. The van der Waals surface area contributed by atoms with E-state index in [9.17, 15) is 10.4 Å². The molecule has 1 unspecified atom stereocenters. The molecule has 2 aromatic rings. The normalized spacial score (nSPS) is 15.9. The van der Waals surface area contributed by atoms with Crippen LogP contribution in [0.3, 0.4) is 0 Å². The molecule has 1 aliphatic rings. The highest BCUT2D eigenvalue weighted by Crippen LogP contribution is 2.43. The summed E-state index contributed by atoms with van der Waals surface area (Å²) in [4.78, 5) is 0. The fraction of sp³-hybridized carbons (Fsp3) is 0.105. The van der Waals surface area contributed by atoms with E-state index in [2.05, 4.69) is 12.6 Å². The van der Waals surface area contributed by atoms with Crippen molar-refractivity contribution < 1.29 is 14.6 Å². The highest BCUT2D eigenvalue weighted by Gasteiger charge is 2.30. The van der Waals surface area contributed by atoms with E-state index in [1.165, 1.54) is 6.07 Å². The van der Waals surface area contributed by atoms with Gasteiger partial charge in [0.25, 0.3) is 0 Å². The van der Waals surface area contributed by atoms with E-state index in [1.54, 1.807) is 18.2 Å². The molecule has 2 aromatic carbocycles. The molecule has 3 N–H and O–H groups in total. The number of benzene rings is 2. The summed E-state index contributed by atoms with van der Waals surface area (Å²) < 4.78 is 11.0. The molecule has 0 bridgehead atoms. The maximum Gasteiger partial charge on any atom is 0.205 e.